The molecule has 0 aliphatic rings. The maximum absolute atomic E-state index is 14.3. The van der Waals surface area contributed by atoms with Gasteiger partial charge in [0.25, 0.3) is 10.0 Å². The fraction of sp³-hybridized carbons (Fsp3) is 0.235. The molecule has 4 aromatic carbocycles. The van der Waals surface area contributed by atoms with Gasteiger partial charge in [0.1, 0.15) is 18.4 Å². The second-order valence-corrected chi connectivity index (χ2v) is 12.4. The summed E-state index contributed by atoms with van der Waals surface area (Å²) >= 11 is 0. The van der Waals surface area contributed by atoms with E-state index >= 15 is 0 Å². The molecule has 0 aromatic heterocycles. The quantitative estimate of drug-likeness (QED) is 0.252. The Morgan fingerprint density at radius 3 is 2.09 bits per heavy atom. The summed E-state index contributed by atoms with van der Waals surface area (Å²) in [4.78, 5) is 29.1. The largest absolute Gasteiger partial charge is 0.357 e. The van der Waals surface area contributed by atoms with Gasteiger partial charge in [-0.1, -0.05) is 72.3 Å². The maximum atomic E-state index is 14.3. The summed E-state index contributed by atoms with van der Waals surface area (Å²) in [6.07, 6.45) is 0.196. The Hall–Kier alpha value is -4.50. The molecule has 0 bridgehead atoms. The first-order valence-electron chi connectivity index (χ1n) is 14.0. The van der Waals surface area contributed by atoms with Crippen LogP contribution >= 0.6 is 0 Å². The number of nitrogens with one attached hydrogen (secondary N) is 1. The van der Waals surface area contributed by atoms with E-state index in [0.717, 1.165) is 21.0 Å². The van der Waals surface area contributed by atoms with E-state index in [4.69, 9.17) is 0 Å². The van der Waals surface area contributed by atoms with Crippen molar-refractivity contribution in [2.24, 2.45) is 0 Å². The molecule has 7 nitrogen and oxygen atoms in total. The molecule has 1 unspecified atom stereocenters. The Morgan fingerprint density at radius 1 is 0.814 bits per heavy atom. The van der Waals surface area contributed by atoms with Gasteiger partial charge in [0.05, 0.1) is 10.6 Å². The number of anilines is 1. The lowest BCUT2D eigenvalue weighted by molar-refractivity contribution is -0.139. The van der Waals surface area contributed by atoms with Gasteiger partial charge in [-0.2, -0.15) is 0 Å². The summed E-state index contributed by atoms with van der Waals surface area (Å²) in [5, 5.41) is 2.65. The topological polar surface area (TPSA) is 86.8 Å². The van der Waals surface area contributed by atoms with Crippen molar-refractivity contribution >= 4 is 27.5 Å². The van der Waals surface area contributed by atoms with Crippen LogP contribution in [0.5, 0.6) is 0 Å². The smallest absolute Gasteiger partial charge is 0.264 e. The van der Waals surface area contributed by atoms with E-state index in [0.29, 0.717) is 16.8 Å². The number of halogens is 1. The van der Waals surface area contributed by atoms with Gasteiger partial charge in [0.2, 0.25) is 11.8 Å². The normalized spacial score (nSPS) is 11.9. The summed E-state index contributed by atoms with van der Waals surface area (Å²) in [5.74, 6) is -1.41. The Morgan fingerprint density at radius 2 is 1.47 bits per heavy atom. The molecular weight excluding hydrogens is 565 g/mol. The van der Waals surface area contributed by atoms with Gasteiger partial charge >= 0.3 is 0 Å². The van der Waals surface area contributed by atoms with Crippen LogP contribution in [0.3, 0.4) is 0 Å². The fourth-order valence-electron chi connectivity index (χ4n) is 4.86. The SMILES string of the molecule is CNC(=O)C(Cc1ccccc1)N(Cc1ccc(F)cc1)C(=O)CN(c1cccc(C)c1C)S(=O)(=O)c1ccc(C)cc1. The molecule has 0 spiro atoms. The van der Waals surface area contributed by atoms with Crippen molar-refractivity contribution in [1.82, 2.24) is 10.2 Å². The minimum atomic E-state index is -4.19. The molecule has 2 amide bonds. The van der Waals surface area contributed by atoms with Crippen LogP contribution in [0.2, 0.25) is 0 Å². The van der Waals surface area contributed by atoms with Crippen molar-refractivity contribution in [3.63, 3.8) is 0 Å². The van der Waals surface area contributed by atoms with E-state index in [9.17, 15) is 22.4 Å². The van der Waals surface area contributed by atoms with E-state index in [1.165, 1.54) is 36.2 Å². The van der Waals surface area contributed by atoms with Crippen molar-refractivity contribution < 1.29 is 22.4 Å². The number of hydrogen-bond acceptors (Lipinski definition) is 4. The van der Waals surface area contributed by atoms with Crippen molar-refractivity contribution in [1.29, 1.82) is 0 Å². The lowest BCUT2D eigenvalue weighted by Gasteiger charge is -2.34. The molecule has 0 saturated carbocycles. The van der Waals surface area contributed by atoms with E-state index < -0.39 is 40.2 Å². The molecule has 4 rings (SSSR count). The lowest BCUT2D eigenvalue weighted by Crippen LogP contribution is -2.53. The molecule has 4 aromatic rings. The number of sulfonamides is 1. The van der Waals surface area contributed by atoms with Gasteiger partial charge in [-0.15, -0.1) is 0 Å². The molecule has 43 heavy (non-hydrogen) atoms. The number of rotatable bonds is 11. The molecule has 0 aliphatic carbocycles. The van der Waals surface area contributed by atoms with Crippen LogP contribution in [0.15, 0.2) is 102 Å². The second-order valence-electron chi connectivity index (χ2n) is 10.5. The maximum Gasteiger partial charge on any atom is 0.264 e. The summed E-state index contributed by atoms with van der Waals surface area (Å²) in [6, 6.07) is 25.7. The first-order valence-corrected chi connectivity index (χ1v) is 15.4. The Balaban J connectivity index is 1.81. The highest BCUT2D eigenvalue weighted by atomic mass is 32.2. The van der Waals surface area contributed by atoms with Gasteiger partial charge in [-0.25, -0.2) is 12.8 Å². The Kier molecular flexibility index (Phi) is 9.98. The Bertz CT molecular complexity index is 1680. The van der Waals surface area contributed by atoms with Crippen LogP contribution in [-0.2, 0) is 32.6 Å². The van der Waals surface area contributed by atoms with Crippen LogP contribution in [0, 0.1) is 26.6 Å². The van der Waals surface area contributed by atoms with E-state index in [1.54, 1.807) is 36.4 Å². The number of likely N-dealkylation sites (N-methyl/N-ethyl adjacent to an activating group) is 1. The third kappa shape index (κ3) is 7.48. The van der Waals surface area contributed by atoms with Crippen molar-refractivity contribution in [2.45, 2.75) is 44.7 Å². The number of aryl methyl sites for hydroxylation is 2. The molecule has 0 radical (unpaired) electrons. The minimum absolute atomic E-state index is 0.0325. The molecule has 9 heteroatoms. The van der Waals surface area contributed by atoms with Crippen molar-refractivity contribution in [3.8, 4) is 0 Å². The summed E-state index contributed by atoms with van der Waals surface area (Å²) in [5.41, 5.74) is 4.26. The highest BCUT2D eigenvalue weighted by molar-refractivity contribution is 7.92. The van der Waals surface area contributed by atoms with Crippen LogP contribution in [0.1, 0.15) is 27.8 Å². The Labute approximate surface area is 253 Å². The van der Waals surface area contributed by atoms with E-state index in [1.807, 2.05) is 57.2 Å². The number of amides is 2. The first-order chi connectivity index (χ1) is 20.5. The predicted molar refractivity (Wildman–Crippen MR) is 167 cm³/mol. The second kappa shape index (κ2) is 13.6. The number of hydrogen-bond donors (Lipinski definition) is 1. The third-order valence-corrected chi connectivity index (χ3v) is 9.29. The first kappa shape index (κ1) is 31.4. The highest BCUT2D eigenvalue weighted by Gasteiger charge is 2.35. The van der Waals surface area contributed by atoms with Crippen LogP contribution in [0.25, 0.3) is 0 Å². The zero-order valence-corrected chi connectivity index (χ0v) is 25.6. The number of carbonyl (C=O) groups excluding carboxylic acids is 2. The molecule has 1 atom stereocenters. The summed E-state index contributed by atoms with van der Waals surface area (Å²) in [7, 11) is -2.70. The van der Waals surface area contributed by atoms with E-state index in [2.05, 4.69) is 5.32 Å². The predicted octanol–water partition coefficient (Wildman–Crippen LogP) is 5.33. The van der Waals surface area contributed by atoms with Gasteiger partial charge in [-0.3, -0.25) is 13.9 Å². The van der Waals surface area contributed by atoms with E-state index in [-0.39, 0.29) is 17.9 Å². The molecule has 0 heterocycles. The van der Waals surface area contributed by atoms with Crippen LogP contribution in [-0.4, -0.2) is 44.8 Å². The number of benzene rings is 4. The van der Waals surface area contributed by atoms with Crippen LogP contribution < -0.4 is 9.62 Å². The average Bonchev–Trinajstić information content (AvgIpc) is 3.00. The van der Waals surface area contributed by atoms with Crippen LogP contribution in [0.4, 0.5) is 10.1 Å². The number of nitrogens with zero attached hydrogens (tertiary/aromatic N) is 2. The molecule has 0 fully saturated rings. The summed E-state index contributed by atoms with van der Waals surface area (Å²) < 4.78 is 43.1. The lowest BCUT2D eigenvalue weighted by atomic mass is 10.0. The van der Waals surface area contributed by atoms with Crippen molar-refractivity contribution in [2.75, 3.05) is 17.9 Å². The fourth-order valence-corrected chi connectivity index (χ4v) is 6.34. The molecule has 224 valence electrons. The van der Waals surface area contributed by atoms with Gasteiger partial charge in [0.15, 0.2) is 0 Å². The standard InChI is InChI=1S/C34H36FN3O4S/c1-24-13-19-30(20-14-24)43(41,42)38(31-12-8-9-25(2)26(31)3)23-33(39)37(22-28-15-17-29(35)18-16-28)32(34(40)36-4)21-27-10-6-5-7-11-27/h5-20,32H,21-23H2,1-4H3,(H,36,40). The monoisotopic (exact) mass is 601 g/mol. The summed E-state index contributed by atoms with van der Waals surface area (Å²) in [6.45, 7) is 4.96. The zero-order chi connectivity index (χ0) is 31.1. The van der Waals surface area contributed by atoms with Crippen molar-refractivity contribution in [3.05, 3.63) is 131 Å². The van der Waals surface area contributed by atoms with Gasteiger partial charge in [0, 0.05) is 20.0 Å². The minimum Gasteiger partial charge on any atom is -0.357 e. The molecular formula is C34H36FN3O4S. The average molecular weight is 602 g/mol. The van der Waals surface area contributed by atoms with Gasteiger partial charge < -0.3 is 10.2 Å². The molecule has 0 aliphatic heterocycles. The van der Waals surface area contributed by atoms with Gasteiger partial charge in [-0.05, 0) is 73.4 Å². The molecule has 1 N–H and O–H groups in total. The molecule has 0 saturated heterocycles. The number of carbonyl (C=O) groups is 2. The highest BCUT2D eigenvalue weighted by Crippen LogP contribution is 2.29. The zero-order valence-electron chi connectivity index (χ0n) is 24.7. The third-order valence-electron chi connectivity index (χ3n) is 7.52.